The summed E-state index contributed by atoms with van der Waals surface area (Å²) in [7, 11) is -3.49. The molecule has 2 aromatic rings. The summed E-state index contributed by atoms with van der Waals surface area (Å²) < 4.78 is 25.6. The van der Waals surface area contributed by atoms with Gasteiger partial charge >= 0.3 is 0 Å². The zero-order valence-corrected chi connectivity index (χ0v) is 15.1. The summed E-state index contributed by atoms with van der Waals surface area (Å²) >= 11 is 11.6. The molecular formula is C16H16Cl2N2O3S. The van der Waals surface area contributed by atoms with Crippen molar-refractivity contribution in [3.8, 4) is 0 Å². The Kier molecular flexibility index (Phi) is 6.23. The lowest BCUT2D eigenvalue weighted by atomic mass is 10.0. The van der Waals surface area contributed by atoms with Gasteiger partial charge in [0.2, 0.25) is 15.9 Å². The molecular weight excluding hydrogens is 371 g/mol. The number of benzene rings is 2. The second kappa shape index (κ2) is 7.98. The minimum absolute atomic E-state index is 0.0582. The van der Waals surface area contributed by atoms with Gasteiger partial charge in [0, 0.05) is 22.2 Å². The third-order valence-corrected chi connectivity index (χ3v) is 4.36. The van der Waals surface area contributed by atoms with Crippen LogP contribution in [0.3, 0.4) is 0 Å². The van der Waals surface area contributed by atoms with Crippen LogP contribution in [0.1, 0.15) is 18.0 Å². The van der Waals surface area contributed by atoms with E-state index in [9.17, 15) is 13.2 Å². The minimum atomic E-state index is -3.49. The number of carbonyl (C=O) groups excluding carboxylic acids is 1. The maximum absolute atomic E-state index is 12.2. The van der Waals surface area contributed by atoms with E-state index in [1.807, 2.05) is 0 Å². The fourth-order valence-corrected chi connectivity index (χ4v) is 3.10. The standard InChI is InChI=1S/C16H16Cl2N2O3S/c1-24(22,23)20-15(11-2-4-12(17)5-3-11)10-16(21)19-14-8-6-13(18)7-9-14/h2-9,15,20H,10H2,1H3,(H,19,21). The normalized spacial score (nSPS) is 12.6. The van der Waals surface area contributed by atoms with E-state index in [1.54, 1.807) is 48.5 Å². The van der Waals surface area contributed by atoms with Crippen molar-refractivity contribution in [2.24, 2.45) is 0 Å². The van der Waals surface area contributed by atoms with Crippen LogP contribution in [-0.4, -0.2) is 20.6 Å². The van der Waals surface area contributed by atoms with E-state index < -0.39 is 16.1 Å². The molecule has 128 valence electrons. The van der Waals surface area contributed by atoms with Gasteiger partial charge in [-0.3, -0.25) is 4.79 Å². The zero-order chi connectivity index (χ0) is 17.7. The first kappa shape index (κ1) is 18.7. The Morgan fingerprint density at radius 3 is 2.00 bits per heavy atom. The molecule has 0 aliphatic rings. The van der Waals surface area contributed by atoms with Crippen molar-refractivity contribution in [1.82, 2.24) is 4.72 Å². The fourth-order valence-electron chi connectivity index (χ4n) is 2.11. The summed E-state index contributed by atoms with van der Waals surface area (Å²) in [5.41, 5.74) is 1.23. The monoisotopic (exact) mass is 386 g/mol. The number of rotatable bonds is 6. The van der Waals surface area contributed by atoms with Crippen LogP contribution in [0.5, 0.6) is 0 Å². The van der Waals surface area contributed by atoms with Crippen LogP contribution < -0.4 is 10.0 Å². The zero-order valence-electron chi connectivity index (χ0n) is 12.8. The second-order valence-electron chi connectivity index (χ2n) is 5.25. The number of nitrogens with one attached hydrogen (secondary N) is 2. The van der Waals surface area contributed by atoms with E-state index >= 15 is 0 Å². The Morgan fingerprint density at radius 1 is 1.00 bits per heavy atom. The van der Waals surface area contributed by atoms with E-state index in [0.717, 1.165) is 6.26 Å². The Hall–Kier alpha value is -1.60. The lowest BCUT2D eigenvalue weighted by Gasteiger charge is -2.18. The van der Waals surface area contributed by atoms with Crippen LogP contribution in [0.15, 0.2) is 48.5 Å². The van der Waals surface area contributed by atoms with Crippen LogP contribution in [-0.2, 0) is 14.8 Å². The average molecular weight is 387 g/mol. The molecule has 0 saturated carbocycles. The van der Waals surface area contributed by atoms with Crippen molar-refractivity contribution in [2.75, 3.05) is 11.6 Å². The molecule has 0 aromatic heterocycles. The van der Waals surface area contributed by atoms with Gasteiger partial charge in [0.15, 0.2) is 0 Å². The molecule has 0 fully saturated rings. The highest BCUT2D eigenvalue weighted by molar-refractivity contribution is 7.88. The van der Waals surface area contributed by atoms with Crippen molar-refractivity contribution >= 4 is 44.8 Å². The molecule has 5 nitrogen and oxygen atoms in total. The molecule has 0 aliphatic carbocycles. The van der Waals surface area contributed by atoms with Gasteiger partial charge in [-0.05, 0) is 42.0 Å². The molecule has 0 bridgehead atoms. The summed E-state index contributed by atoms with van der Waals surface area (Å²) in [6.45, 7) is 0. The van der Waals surface area contributed by atoms with Crippen molar-refractivity contribution < 1.29 is 13.2 Å². The predicted molar refractivity (Wildman–Crippen MR) is 96.9 cm³/mol. The van der Waals surface area contributed by atoms with Gasteiger partial charge in [0.05, 0.1) is 12.3 Å². The van der Waals surface area contributed by atoms with Crippen LogP contribution in [0, 0.1) is 0 Å². The van der Waals surface area contributed by atoms with E-state index in [0.29, 0.717) is 21.3 Å². The molecule has 0 aliphatic heterocycles. The SMILES string of the molecule is CS(=O)(=O)NC(CC(=O)Nc1ccc(Cl)cc1)c1ccc(Cl)cc1. The predicted octanol–water partition coefficient (Wildman–Crippen LogP) is 3.61. The van der Waals surface area contributed by atoms with E-state index in [1.165, 1.54) is 0 Å². The highest BCUT2D eigenvalue weighted by atomic mass is 35.5. The molecule has 1 atom stereocenters. The fraction of sp³-hybridized carbons (Fsp3) is 0.188. The first-order valence-electron chi connectivity index (χ1n) is 7.01. The van der Waals surface area contributed by atoms with Gasteiger partial charge in [-0.2, -0.15) is 0 Å². The summed E-state index contributed by atoms with van der Waals surface area (Å²) in [4.78, 5) is 12.2. The lowest BCUT2D eigenvalue weighted by Crippen LogP contribution is -2.30. The number of amides is 1. The quantitative estimate of drug-likeness (QED) is 0.795. The van der Waals surface area contributed by atoms with Crippen molar-refractivity contribution in [3.05, 3.63) is 64.1 Å². The first-order valence-corrected chi connectivity index (χ1v) is 9.66. The number of halogens is 2. The Balaban J connectivity index is 2.13. The average Bonchev–Trinajstić information content (AvgIpc) is 2.48. The molecule has 0 spiro atoms. The first-order chi connectivity index (χ1) is 11.2. The summed E-state index contributed by atoms with van der Waals surface area (Å²) in [5.74, 6) is -0.326. The molecule has 2 N–H and O–H groups in total. The highest BCUT2D eigenvalue weighted by Gasteiger charge is 2.20. The molecule has 2 rings (SSSR count). The van der Waals surface area contributed by atoms with Crippen LogP contribution in [0.25, 0.3) is 0 Å². The molecule has 1 amide bonds. The highest BCUT2D eigenvalue weighted by Crippen LogP contribution is 2.21. The van der Waals surface area contributed by atoms with Crippen LogP contribution in [0.2, 0.25) is 10.0 Å². The van der Waals surface area contributed by atoms with Crippen molar-refractivity contribution in [1.29, 1.82) is 0 Å². The Morgan fingerprint density at radius 2 is 1.50 bits per heavy atom. The molecule has 0 saturated heterocycles. The molecule has 1 unspecified atom stereocenters. The van der Waals surface area contributed by atoms with Gasteiger partial charge in [-0.1, -0.05) is 35.3 Å². The van der Waals surface area contributed by atoms with Gasteiger partial charge in [-0.25, -0.2) is 13.1 Å². The number of sulfonamides is 1. The van der Waals surface area contributed by atoms with E-state index in [4.69, 9.17) is 23.2 Å². The number of anilines is 1. The topological polar surface area (TPSA) is 75.3 Å². The van der Waals surface area contributed by atoms with Crippen molar-refractivity contribution in [3.63, 3.8) is 0 Å². The van der Waals surface area contributed by atoms with Gasteiger partial charge in [0.25, 0.3) is 0 Å². The lowest BCUT2D eigenvalue weighted by molar-refractivity contribution is -0.116. The maximum Gasteiger partial charge on any atom is 0.226 e. The van der Waals surface area contributed by atoms with Gasteiger partial charge in [-0.15, -0.1) is 0 Å². The van der Waals surface area contributed by atoms with E-state index in [-0.39, 0.29) is 12.3 Å². The molecule has 24 heavy (non-hydrogen) atoms. The minimum Gasteiger partial charge on any atom is -0.326 e. The number of hydrogen-bond donors (Lipinski definition) is 2. The third kappa shape index (κ3) is 6.13. The van der Waals surface area contributed by atoms with Gasteiger partial charge < -0.3 is 5.32 Å². The number of carbonyl (C=O) groups is 1. The molecule has 2 aromatic carbocycles. The van der Waals surface area contributed by atoms with Gasteiger partial charge in [0.1, 0.15) is 0 Å². The summed E-state index contributed by atoms with van der Waals surface area (Å²) in [6, 6.07) is 12.6. The Labute approximate surface area is 151 Å². The van der Waals surface area contributed by atoms with Crippen molar-refractivity contribution in [2.45, 2.75) is 12.5 Å². The van der Waals surface area contributed by atoms with Crippen LogP contribution in [0.4, 0.5) is 5.69 Å². The second-order valence-corrected chi connectivity index (χ2v) is 7.91. The summed E-state index contributed by atoms with van der Waals surface area (Å²) in [6.07, 6.45) is 0.990. The number of hydrogen-bond acceptors (Lipinski definition) is 3. The molecule has 0 heterocycles. The largest absolute Gasteiger partial charge is 0.326 e. The molecule has 8 heteroatoms. The maximum atomic E-state index is 12.2. The third-order valence-electron chi connectivity index (χ3n) is 3.15. The van der Waals surface area contributed by atoms with E-state index in [2.05, 4.69) is 10.0 Å². The summed E-state index contributed by atoms with van der Waals surface area (Å²) in [5, 5.41) is 3.80. The Bertz CT molecular complexity index is 806. The van der Waals surface area contributed by atoms with Crippen LogP contribution >= 0.6 is 23.2 Å². The smallest absolute Gasteiger partial charge is 0.226 e. The molecule has 0 radical (unpaired) electrons.